The molecule has 1 saturated heterocycles. The van der Waals surface area contributed by atoms with Crippen LogP contribution in [0.5, 0.6) is 0 Å². The smallest absolute Gasteiger partial charge is 0.335 e. The molecule has 0 unspecified atom stereocenters. The van der Waals surface area contributed by atoms with E-state index >= 15 is 0 Å². The van der Waals surface area contributed by atoms with Crippen molar-refractivity contribution in [1.29, 1.82) is 0 Å². The summed E-state index contributed by atoms with van der Waals surface area (Å²) in [6.07, 6.45) is 3.70. The van der Waals surface area contributed by atoms with Crippen LogP contribution in [0.25, 0.3) is 11.1 Å². The summed E-state index contributed by atoms with van der Waals surface area (Å²) in [5.74, 6) is -0.896. The van der Waals surface area contributed by atoms with Gasteiger partial charge >= 0.3 is 12.0 Å². The minimum atomic E-state index is -0.951. The Bertz CT molecular complexity index is 1300. The van der Waals surface area contributed by atoms with Crippen LogP contribution in [0.1, 0.15) is 47.5 Å². The molecule has 1 saturated carbocycles. The van der Waals surface area contributed by atoms with Crippen LogP contribution in [0.2, 0.25) is 0 Å². The number of halogens is 1. The van der Waals surface area contributed by atoms with Crippen molar-refractivity contribution < 1.29 is 19.1 Å². The number of nitrogens with zero attached hydrogens (tertiary/aromatic N) is 1. The number of hydrogen-bond donors (Lipinski definition) is 3. The molecule has 0 spiro atoms. The second kappa shape index (κ2) is 9.85. The second-order valence-electron chi connectivity index (χ2n) is 9.40. The average Bonchev–Trinajstić information content (AvgIpc) is 3.58. The average molecular weight is 486 g/mol. The molecular weight excluding hydrogens is 457 g/mol. The monoisotopic (exact) mass is 485 g/mol. The lowest BCUT2D eigenvalue weighted by atomic mass is 10.0. The topological polar surface area (TPSA) is 81.7 Å². The molecule has 36 heavy (non-hydrogen) atoms. The van der Waals surface area contributed by atoms with Crippen molar-refractivity contribution in [2.75, 3.05) is 17.2 Å². The quantitative estimate of drug-likeness (QED) is 0.348. The van der Waals surface area contributed by atoms with Gasteiger partial charge in [-0.3, -0.25) is 0 Å². The largest absolute Gasteiger partial charge is 0.478 e. The Labute approximate surface area is 209 Å². The minimum Gasteiger partial charge on any atom is -0.478 e. The highest BCUT2D eigenvalue weighted by Crippen LogP contribution is 2.41. The molecule has 184 valence electrons. The summed E-state index contributed by atoms with van der Waals surface area (Å²) < 4.78 is 14.4. The van der Waals surface area contributed by atoms with E-state index in [9.17, 15) is 14.0 Å². The predicted molar refractivity (Wildman–Crippen MR) is 139 cm³/mol. The molecule has 1 aliphatic carbocycles. The van der Waals surface area contributed by atoms with Gasteiger partial charge in [-0.05, 0) is 84.7 Å². The molecule has 3 aromatic rings. The van der Waals surface area contributed by atoms with E-state index in [-0.39, 0.29) is 23.5 Å². The maximum absolute atomic E-state index is 14.4. The fourth-order valence-corrected chi connectivity index (χ4v) is 4.72. The van der Waals surface area contributed by atoms with Gasteiger partial charge in [0.1, 0.15) is 5.82 Å². The molecule has 1 atom stereocenters. The van der Waals surface area contributed by atoms with Crippen molar-refractivity contribution in [3.63, 3.8) is 0 Å². The molecule has 3 aromatic carbocycles. The van der Waals surface area contributed by atoms with Crippen LogP contribution >= 0.6 is 0 Å². The molecule has 1 heterocycles. The summed E-state index contributed by atoms with van der Waals surface area (Å²) in [5, 5.41) is 15.2. The molecule has 2 amide bonds. The van der Waals surface area contributed by atoms with Crippen LogP contribution in [-0.2, 0) is 0 Å². The molecule has 2 fully saturated rings. The highest BCUT2D eigenvalue weighted by Gasteiger charge is 2.31. The number of urea groups is 1. The van der Waals surface area contributed by atoms with Crippen molar-refractivity contribution in [2.45, 2.75) is 37.6 Å². The molecule has 3 N–H and O–H groups in total. The number of carbonyl (C=O) groups excluding carboxylic acids is 1. The number of rotatable bonds is 7. The molecule has 5 rings (SSSR count). The number of anilines is 2. The number of hydrogen-bond acceptors (Lipinski definition) is 3. The number of nitrogens with one attached hydrogen (secondary N) is 2. The first-order valence-corrected chi connectivity index (χ1v) is 12.2. The number of carbonyl (C=O) groups is 2. The van der Waals surface area contributed by atoms with Crippen molar-refractivity contribution in [3.05, 3.63) is 96.0 Å². The van der Waals surface area contributed by atoms with E-state index in [2.05, 4.69) is 17.2 Å². The first kappa shape index (κ1) is 23.6. The lowest BCUT2D eigenvalue weighted by Crippen LogP contribution is -2.40. The lowest BCUT2D eigenvalue weighted by Gasteiger charge is -2.27. The van der Waals surface area contributed by atoms with E-state index in [1.54, 1.807) is 41.3 Å². The summed E-state index contributed by atoms with van der Waals surface area (Å²) in [6, 6.07) is 19.0. The van der Waals surface area contributed by atoms with Crippen LogP contribution < -0.4 is 10.6 Å². The fourth-order valence-electron chi connectivity index (χ4n) is 4.72. The molecular formula is C29H28FN3O3. The molecule has 0 aromatic heterocycles. The normalized spacial score (nSPS) is 17.0. The predicted octanol–water partition coefficient (Wildman–Crippen LogP) is 6.69. The van der Waals surface area contributed by atoms with Gasteiger partial charge in [0.25, 0.3) is 0 Å². The second-order valence-corrected chi connectivity index (χ2v) is 9.40. The van der Waals surface area contributed by atoms with Gasteiger partial charge in [-0.2, -0.15) is 0 Å². The summed E-state index contributed by atoms with van der Waals surface area (Å²) in [7, 11) is 0. The minimum absolute atomic E-state index is 0.177. The Morgan fingerprint density at radius 2 is 1.53 bits per heavy atom. The van der Waals surface area contributed by atoms with Crippen molar-refractivity contribution in [2.24, 2.45) is 0 Å². The van der Waals surface area contributed by atoms with Crippen LogP contribution in [0.4, 0.5) is 20.6 Å². The number of aromatic carboxylic acids is 1. The first-order chi connectivity index (χ1) is 17.4. The van der Waals surface area contributed by atoms with Gasteiger partial charge in [0.05, 0.1) is 11.6 Å². The number of benzene rings is 3. The Balaban J connectivity index is 1.21. The maximum atomic E-state index is 14.4. The summed E-state index contributed by atoms with van der Waals surface area (Å²) in [4.78, 5) is 25.8. The molecule has 2 aliphatic rings. The SMILES string of the molecule is C=C(Nc1ccc(-c2ccc(C(=O)O)cc2)cc1)[C@H]1CCCN1C(=O)Nc1ccc(C2CC2)c(F)c1. The van der Waals surface area contributed by atoms with Crippen molar-refractivity contribution in [3.8, 4) is 11.1 Å². The van der Waals surface area contributed by atoms with E-state index in [0.29, 0.717) is 18.2 Å². The zero-order valence-electron chi connectivity index (χ0n) is 19.8. The molecule has 1 aliphatic heterocycles. The van der Waals surface area contributed by atoms with Crippen molar-refractivity contribution in [1.82, 2.24) is 4.90 Å². The van der Waals surface area contributed by atoms with E-state index in [4.69, 9.17) is 5.11 Å². The molecule has 6 nitrogen and oxygen atoms in total. The Hall–Kier alpha value is -4.13. The van der Waals surface area contributed by atoms with E-state index < -0.39 is 5.97 Å². The zero-order chi connectivity index (χ0) is 25.2. The Kier molecular flexibility index (Phi) is 6.46. The van der Waals surface area contributed by atoms with Crippen LogP contribution in [0, 0.1) is 5.82 Å². The molecule has 0 radical (unpaired) electrons. The van der Waals surface area contributed by atoms with Crippen LogP contribution in [0.3, 0.4) is 0 Å². The standard InChI is InChI=1S/C29H28FN3O3/c1-18(31-23-12-10-20(11-13-23)19-4-8-22(9-5-19)28(34)35)27-3-2-16-33(27)29(36)32-24-14-15-25(21-6-7-21)26(30)17-24/h4-5,8-15,17,21,27,31H,1-3,6-7,16H2,(H,32,36)(H,34,35)/t27-/m1/s1. The third-order valence-electron chi connectivity index (χ3n) is 6.84. The fraction of sp³-hybridized carbons (Fsp3) is 0.241. The maximum Gasteiger partial charge on any atom is 0.335 e. The van der Waals surface area contributed by atoms with Gasteiger partial charge in [-0.1, -0.05) is 36.9 Å². The molecule has 7 heteroatoms. The van der Waals surface area contributed by atoms with Crippen LogP contribution in [0.15, 0.2) is 79.0 Å². The first-order valence-electron chi connectivity index (χ1n) is 12.2. The number of likely N-dealkylation sites (tertiary alicyclic amines) is 1. The summed E-state index contributed by atoms with van der Waals surface area (Å²) in [6.45, 7) is 4.78. The van der Waals surface area contributed by atoms with Gasteiger partial charge in [0.2, 0.25) is 0 Å². The highest BCUT2D eigenvalue weighted by molar-refractivity contribution is 5.90. The number of amides is 2. The van der Waals surface area contributed by atoms with Gasteiger partial charge in [-0.25, -0.2) is 14.0 Å². The van der Waals surface area contributed by atoms with Gasteiger partial charge in [-0.15, -0.1) is 0 Å². The van der Waals surface area contributed by atoms with E-state index in [0.717, 1.165) is 53.8 Å². The van der Waals surface area contributed by atoms with Crippen molar-refractivity contribution >= 4 is 23.4 Å². The van der Waals surface area contributed by atoms with Gasteiger partial charge < -0.3 is 20.6 Å². The third-order valence-corrected chi connectivity index (χ3v) is 6.84. The highest BCUT2D eigenvalue weighted by atomic mass is 19.1. The zero-order valence-corrected chi connectivity index (χ0v) is 19.8. The summed E-state index contributed by atoms with van der Waals surface area (Å²) >= 11 is 0. The number of carboxylic acid groups (broad SMARTS) is 1. The van der Waals surface area contributed by atoms with Gasteiger partial charge in [0.15, 0.2) is 0 Å². The van der Waals surface area contributed by atoms with E-state index in [1.807, 2.05) is 24.3 Å². The van der Waals surface area contributed by atoms with E-state index in [1.165, 1.54) is 6.07 Å². The lowest BCUT2D eigenvalue weighted by molar-refractivity contribution is 0.0697. The Morgan fingerprint density at radius 1 is 0.889 bits per heavy atom. The summed E-state index contributed by atoms with van der Waals surface area (Å²) in [5.41, 5.74) is 4.88. The van der Waals surface area contributed by atoms with Crippen LogP contribution in [-0.4, -0.2) is 34.6 Å². The van der Waals surface area contributed by atoms with Gasteiger partial charge in [0, 0.05) is 23.6 Å². The number of carboxylic acids is 1. The molecule has 0 bridgehead atoms. The third kappa shape index (κ3) is 5.10. The Morgan fingerprint density at radius 3 is 2.14 bits per heavy atom.